The second-order valence-electron chi connectivity index (χ2n) is 7.43. The Bertz CT molecular complexity index is 1080. The van der Waals surface area contributed by atoms with E-state index in [0.29, 0.717) is 0 Å². The van der Waals surface area contributed by atoms with Gasteiger partial charge < -0.3 is 25.0 Å². The summed E-state index contributed by atoms with van der Waals surface area (Å²) in [6.45, 7) is 4.04. The molecule has 152 valence electrons. The van der Waals surface area contributed by atoms with Gasteiger partial charge in [0.1, 0.15) is 45.3 Å². The standard InChI is InChI=1S/C21H21NO7/c1-9-17(26)14(10(2)23)19-16(18(9)27)21(3)13(29-19)8-12(25)15(20(21)28)11(24)6-7-22(4)5/h6-8,24,26-27H,1-5H3. The molecule has 0 aromatic heterocycles. The zero-order valence-corrected chi connectivity index (χ0v) is 16.7. The molecule has 3 N–H and O–H groups in total. The Kier molecular flexibility index (Phi) is 4.53. The number of benzene rings is 1. The second kappa shape index (κ2) is 6.51. The summed E-state index contributed by atoms with van der Waals surface area (Å²) in [5.74, 6) is -3.73. The van der Waals surface area contributed by atoms with Crippen LogP contribution in [0.2, 0.25) is 0 Å². The van der Waals surface area contributed by atoms with E-state index in [1.807, 2.05) is 0 Å². The van der Waals surface area contributed by atoms with E-state index in [9.17, 15) is 29.7 Å². The van der Waals surface area contributed by atoms with Crippen molar-refractivity contribution in [3.8, 4) is 17.2 Å². The summed E-state index contributed by atoms with van der Waals surface area (Å²) in [7, 11) is 3.41. The Morgan fingerprint density at radius 1 is 1.21 bits per heavy atom. The second-order valence-corrected chi connectivity index (χ2v) is 7.43. The van der Waals surface area contributed by atoms with E-state index in [2.05, 4.69) is 0 Å². The molecule has 0 saturated heterocycles. The van der Waals surface area contributed by atoms with E-state index < -0.39 is 45.6 Å². The first-order valence-corrected chi connectivity index (χ1v) is 8.79. The molecular weight excluding hydrogens is 378 g/mol. The first-order valence-electron chi connectivity index (χ1n) is 8.79. The number of phenolic OH excluding ortho intramolecular Hbond substituents is 2. The van der Waals surface area contributed by atoms with E-state index in [1.54, 1.807) is 19.0 Å². The molecule has 1 aliphatic carbocycles. The van der Waals surface area contributed by atoms with Crippen molar-refractivity contribution in [2.24, 2.45) is 0 Å². The van der Waals surface area contributed by atoms with Gasteiger partial charge in [-0.25, -0.2) is 0 Å². The fourth-order valence-electron chi connectivity index (χ4n) is 3.55. The Labute approximate surface area is 167 Å². The third-order valence-electron chi connectivity index (χ3n) is 5.17. The lowest BCUT2D eigenvalue weighted by atomic mass is 9.70. The Morgan fingerprint density at radius 2 is 1.83 bits per heavy atom. The molecule has 0 fully saturated rings. The molecular formula is C21H21NO7. The fraction of sp³-hybridized carbons (Fsp3) is 0.286. The van der Waals surface area contributed by atoms with Crippen LogP contribution < -0.4 is 4.74 Å². The van der Waals surface area contributed by atoms with Crippen molar-refractivity contribution in [3.05, 3.63) is 52.1 Å². The molecule has 1 aliphatic heterocycles. The number of phenols is 2. The molecule has 1 unspecified atom stereocenters. The first kappa shape index (κ1) is 20.2. The highest BCUT2D eigenvalue weighted by Gasteiger charge is 2.56. The molecule has 0 radical (unpaired) electrons. The van der Waals surface area contributed by atoms with Gasteiger partial charge in [0.2, 0.25) is 0 Å². The molecule has 8 heteroatoms. The zero-order valence-electron chi connectivity index (χ0n) is 16.7. The third-order valence-corrected chi connectivity index (χ3v) is 5.17. The number of fused-ring (bicyclic) bond motifs is 3. The summed E-state index contributed by atoms with van der Waals surface area (Å²) < 4.78 is 5.64. The molecule has 1 aromatic rings. The molecule has 1 atom stereocenters. The van der Waals surface area contributed by atoms with Gasteiger partial charge in [0.25, 0.3) is 0 Å². The number of carbonyl (C=O) groups excluding carboxylic acids is 3. The maximum absolute atomic E-state index is 13.4. The normalized spacial score (nSPS) is 22.2. The Hall–Kier alpha value is -3.55. The van der Waals surface area contributed by atoms with Crippen LogP contribution in [0.3, 0.4) is 0 Å². The number of aromatic hydroxyl groups is 2. The van der Waals surface area contributed by atoms with E-state index in [0.717, 1.165) is 6.08 Å². The summed E-state index contributed by atoms with van der Waals surface area (Å²) in [5, 5.41) is 31.3. The van der Waals surface area contributed by atoms with Gasteiger partial charge in [0, 0.05) is 31.9 Å². The van der Waals surface area contributed by atoms with Gasteiger partial charge >= 0.3 is 0 Å². The minimum atomic E-state index is -1.65. The van der Waals surface area contributed by atoms with Crippen LogP contribution in [0.25, 0.3) is 0 Å². The zero-order chi connectivity index (χ0) is 21.8. The van der Waals surface area contributed by atoms with Gasteiger partial charge in [-0.15, -0.1) is 0 Å². The first-order chi connectivity index (χ1) is 13.4. The van der Waals surface area contributed by atoms with Gasteiger partial charge in [0.05, 0.1) is 5.56 Å². The monoisotopic (exact) mass is 399 g/mol. The van der Waals surface area contributed by atoms with Crippen LogP contribution in [-0.4, -0.2) is 51.7 Å². The van der Waals surface area contributed by atoms with Crippen molar-refractivity contribution in [1.82, 2.24) is 4.90 Å². The highest BCUT2D eigenvalue weighted by molar-refractivity contribution is 6.31. The average molecular weight is 399 g/mol. The van der Waals surface area contributed by atoms with Crippen LogP contribution in [0.4, 0.5) is 0 Å². The molecule has 2 aliphatic rings. The number of aliphatic hydroxyl groups is 1. The van der Waals surface area contributed by atoms with Crippen LogP contribution in [-0.2, 0) is 15.0 Å². The number of hydrogen-bond donors (Lipinski definition) is 3. The van der Waals surface area contributed by atoms with Crippen molar-refractivity contribution in [1.29, 1.82) is 0 Å². The molecule has 8 nitrogen and oxygen atoms in total. The minimum Gasteiger partial charge on any atom is -0.507 e. The lowest BCUT2D eigenvalue weighted by Crippen LogP contribution is -2.40. The number of hydrogen-bond acceptors (Lipinski definition) is 8. The van der Waals surface area contributed by atoms with E-state index in [4.69, 9.17) is 4.74 Å². The molecule has 0 bridgehead atoms. The fourth-order valence-corrected chi connectivity index (χ4v) is 3.55. The molecule has 1 aromatic carbocycles. The number of allylic oxidation sites excluding steroid dienone is 4. The summed E-state index contributed by atoms with van der Waals surface area (Å²) in [4.78, 5) is 39.6. The predicted octanol–water partition coefficient (Wildman–Crippen LogP) is 2.18. The maximum atomic E-state index is 13.4. The van der Waals surface area contributed by atoms with Crippen LogP contribution in [0, 0.1) is 6.92 Å². The van der Waals surface area contributed by atoms with Gasteiger partial charge in [-0.3, -0.25) is 14.4 Å². The number of carbonyl (C=O) groups is 3. The predicted molar refractivity (Wildman–Crippen MR) is 103 cm³/mol. The van der Waals surface area contributed by atoms with Crippen molar-refractivity contribution < 1.29 is 34.4 Å². The highest BCUT2D eigenvalue weighted by atomic mass is 16.5. The number of rotatable bonds is 3. The topological polar surface area (TPSA) is 124 Å². The lowest BCUT2D eigenvalue weighted by Gasteiger charge is -2.28. The quantitative estimate of drug-likeness (QED) is 0.306. The number of ether oxygens (including phenoxy) is 1. The van der Waals surface area contributed by atoms with E-state index in [-0.39, 0.29) is 28.2 Å². The molecule has 3 rings (SSSR count). The SMILES string of the molecule is CC(=O)c1c(O)c(C)c(O)c2c1OC1=CC(=O)C(=C(O)C=CN(C)C)C(=O)C12C. The minimum absolute atomic E-state index is 0.00646. The molecule has 0 spiro atoms. The third kappa shape index (κ3) is 2.71. The van der Waals surface area contributed by atoms with Crippen molar-refractivity contribution in [3.63, 3.8) is 0 Å². The highest BCUT2D eigenvalue weighted by Crippen LogP contribution is 2.57. The summed E-state index contributed by atoms with van der Waals surface area (Å²) in [5.41, 5.74) is -2.31. The van der Waals surface area contributed by atoms with Crippen LogP contribution >= 0.6 is 0 Å². The summed E-state index contributed by atoms with van der Waals surface area (Å²) >= 11 is 0. The molecule has 0 amide bonds. The van der Waals surface area contributed by atoms with Gasteiger partial charge in [0.15, 0.2) is 17.3 Å². The van der Waals surface area contributed by atoms with Crippen molar-refractivity contribution >= 4 is 17.3 Å². The lowest BCUT2D eigenvalue weighted by molar-refractivity contribution is -0.123. The molecule has 29 heavy (non-hydrogen) atoms. The van der Waals surface area contributed by atoms with Crippen LogP contribution in [0.1, 0.15) is 35.3 Å². The Balaban J connectivity index is 2.34. The molecule has 0 saturated carbocycles. The molecule has 1 heterocycles. The number of nitrogens with zero attached hydrogens (tertiary/aromatic N) is 1. The number of Topliss-reactive ketones (excluding diaryl/α,β-unsaturated/α-hetero) is 2. The van der Waals surface area contributed by atoms with E-state index in [1.165, 1.54) is 33.0 Å². The smallest absolute Gasteiger partial charge is 0.196 e. The largest absolute Gasteiger partial charge is 0.507 e. The summed E-state index contributed by atoms with van der Waals surface area (Å²) in [6.07, 6.45) is 3.73. The van der Waals surface area contributed by atoms with Crippen LogP contribution in [0.15, 0.2) is 35.4 Å². The van der Waals surface area contributed by atoms with E-state index >= 15 is 0 Å². The maximum Gasteiger partial charge on any atom is 0.196 e. The van der Waals surface area contributed by atoms with Gasteiger partial charge in [-0.1, -0.05) is 0 Å². The van der Waals surface area contributed by atoms with Gasteiger partial charge in [-0.05, 0) is 26.8 Å². The Morgan fingerprint density at radius 3 is 2.38 bits per heavy atom. The van der Waals surface area contributed by atoms with Crippen LogP contribution in [0.5, 0.6) is 17.2 Å². The van der Waals surface area contributed by atoms with Gasteiger partial charge in [-0.2, -0.15) is 0 Å². The average Bonchev–Trinajstić information content (AvgIpc) is 2.91. The van der Waals surface area contributed by atoms with Crippen molar-refractivity contribution in [2.45, 2.75) is 26.2 Å². The number of ketones is 3. The van der Waals surface area contributed by atoms with Crippen molar-refractivity contribution in [2.75, 3.05) is 14.1 Å². The summed E-state index contributed by atoms with van der Waals surface area (Å²) in [6, 6.07) is 0. The number of aliphatic hydroxyl groups excluding tert-OH is 1.